The van der Waals surface area contributed by atoms with Gasteiger partial charge >= 0.3 is 0 Å². The van der Waals surface area contributed by atoms with Gasteiger partial charge in [-0.15, -0.1) is 11.3 Å². The van der Waals surface area contributed by atoms with E-state index >= 15 is 0 Å². The van der Waals surface area contributed by atoms with Gasteiger partial charge in [0.05, 0.1) is 4.90 Å². The largest absolute Gasteiger partial charge is 0.315 e. The summed E-state index contributed by atoms with van der Waals surface area (Å²) < 4.78 is 26.4. The highest BCUT2D eigenvalue weighted by Gasteiger charge is 2.17. The van der Waals surface area contributed by atoms with Crippen molar-refractivity contribution in [3.8, 4) is 0 Å². The smallest absolute Gasteiger partial charge is 0.241 e. The molecule has 16 heavy (non-hydrogen) atoms. The zero-order chi connectivity index (χ0) is 12.2. The minimum absolute atomic E-state index is 0.0300. The molecule has 0 aliphatic carbocycles. The third-order valence-electron chi connectivity index (χ3n) is 2.26. The highest BCUT2D eigenvalue weighted by molar-refractivity contribution is 7.89. The van der Waals surface area contributed by atoms with Crippen molar-refractivity contribution < 1.29 is 8.42 Å². The minimum Gasteiger partial charge on any atom is -0.315 e. The van der Waals surface area contributed by atoms with Gasteiger partial charge in [-0.3, -0.25) is 0 Å². The Morgan fingerprint density at radius 3 is 2.75 bits per heavy atom. The SMILES string of the molecule is CCC(C)NS(=O)(=O)c1csc(CNC)c1. The second kappa shape index (κ2) is 5.77. The number of rotatable bonds is 6. The maximum Gasteiger partial charge on any atom is 0.241 e. The first-order valence-electron chi connectivity index (χ1n) is 5.24. The van der Waals surface area contributed by atoms with E-state index in [-0.39, 0.29) is 6.04 Å². The fourth-order valence-corrected chi connectivity index (χ4v) is 3.80. The predicted molar refractivity (Wildman–Crippen MR) is 67.2 cm³/mol. The fraction of sp³-hybridized carbons (Fsp3) is 0.600. The van der Waals surface area contributed by atoms with Gasteiger partial charge in [-0.05, 0) is 26.5 Å². The van der Waals surface area contributed by atoms with Crippen LogP contribution in [0, 0.1) is 0 Å². The van der Waals surface area contributed by atoms with E-state index in [0.717, 1.165) is 11.3 Å². The monoisotopic (exact) mass is 262 g/mol. The second-order valence-electron chi connectivity index (χ2n) is 3.71. The van der Waals surface area contributed by atoms with Crippen LogP contribution in [0.4, 0.5) is 0 Å². The lowest BCUT2D eigenvalue weighted by Crippen LogP contribution is -2.31. The van der Waals surface area contributed by atoms with Crippen molar-refractivity contribution in [1.82, 2.24) is 10.0 Å². The Kier molecular flexibility index (Phi) is 4.91. The Bertz CT molecular complexity index is 426. The first-order valence-corrected chi connectivity index (χ1v) is 7.60. The van der Waals surface area contributed by atoms with Crippen molar-refractivity contribution in [3.05, 3.63) is 16.3 Å². The Morgan fingerprint density at radius 2 is 2.19 bits per heavy atom. The van der Waals surface area contributed by atoms with Crippen LogP contribution in [0.3, 0.4) is 0 Å². The van der Waals surface area contributed by atoms with Crippen LogP contribution in [0.15, 0.2) is 16.3 Å². The van der Waals surface area contributed by atoms with Gasteiger partial charge in [-0.25, -0.2) is 13.1 Å². The molecule has 0 aromatic carbocycles. The number of hydrogen-bond acceptors (Lipinski definition) is 4. The zero-order valence-corrected chi connectivity index (χ0v) is 11.4. The summed E-state index contributed by atoms with van der Waals surface area (Å²) in [4.78, 5) is 1.38. The molecule has 0 bridgehead atoms. The number of thiophene rings is 1. The molecule has 6 heteroatoms. The molecule has 4 nitrogen and oxygen atoms in total. The van der Waals surface area contributed by atoms with Crippen molar-refractivity contribution >= 4 is 21.4 Å². The topological polar surface area (TPSA) is 58.2 Å². The van der Waals surface area contributed by atoms with Gasteiger partial charge in [0.25, 0.3) is 0 Å². The van der Waals surface area contributed by atoms with Crippen molar-refractivity contribution in [1.29, 1.82) is 0 Å². The molecular formula is C10H18N2O2S2. The average molecular weight is 262 g/mol. The third-order valence-corrected chi connectivity index (χ3v) is 4.91. The van der Waals surface area contributed by atoms with Crippen LogP contribution in [-0.2, 0) is 16.6 Å². The lowest BCUT2D eigenvalue weighted by atomic mass is 10.3. The molecule has 1 atom stereocenters. The molecule has 92 valence electrons. The van der Waals surface area contributed by atoms with Crippen LogP contribution in [0.2, 0.25) is 0 Å². The predicted octanol–water partition coefficient (Wildman–Crippen LogP) is 1.54. The first-order chi connectivity index (χ1) is 7.49. The molecule has 1 rings (SSSR count). The van der Waals surface area contributed by atoms with E-state index in [4.69, 9.17) is 0 Å². The van der Waals surface area contributed by atoms with Crippen LogP contribution < -0.4 is 10.0 Å². The minimum atomic E-state index is -3.34. The van der Waals surface area contributed by atoms with E-state index in [9.17, 15) is 8.42 Å². The molecule has 2 N–H and O–H groups in total. The molecule has 0 amide bonds. The van der Waals surface area contributed by atoms with Crippen LogP contribution in [0.25, 0.3) is 0 Å². The van der Waals surface area contributed by atoms with E-state index < -0.39 is 10.0 Å². The summed E-state index contributed by atoms with van der Waals surface area (Å²) in [6.07, 6.45) is 0.784. The molecule has 0 saturated carbocycles. The molecule has 1 aromatic heterocycles. The highest BCUT2D eigenvalue weighted by atomic mass is 32.2. The average Bonchev–Trinajstić information content (AvgIpc) is 2.67. The molecular weight excluding hydrogens is 244 g/mol. The van der Waals surface area contributed by atoms with Crippen LogP contribution in [0.1, 0.15) is 25.1 Å². The van der Waals surface area contributed by atoms with E-state index in [1.807, 2.05) is 20.9 Å². The molecule has 0 spiro atoms. The van der Waals surface area contributed by atoms with E-state index in [1.165, 1.54) is 11.3 Å². The summed E-state index contributed by atoms with van der Waals surface area (Å²) in [5, 5.41) is 4.67. The first kappa shape index (κ1) is 13.6. The molecule has 1 unspecified atom stereocenters. The summed E-state index contributed by atoms with van der Waals surface area (Å²) in [6.45, 7) is 4.51. The molecule has 0 fully saturated rings. The Hall–Kier alpha value is -0.430. The molecule has 1 heterocycles. The van der Waals surface area contributed by atoms with Gasteiger partial charge in [0.15, 0.2) is 0 Å². The zero-order valence-electron chi connectivity index (χ0n) is 9.78. The van der Waals surface area contributed by atoms with Gasteiger partial charge in [0.1, 0.15) is 0 Å². The van der Waals surface area contributed by atoms with Crippen molar-refractivity contribution in [2.75, 3.05) is 7.05 Å². The highest BCUT2D eigenvalue weighted by Crippen LogP contribution is 2.19. The van der Waals surface area contributed by atoms with E-state index in [2.05, 4.69) is 10.0 Å². The normalized spacial score (nSPS) is 13.9. The summed E-state index contributed by atoms with van der Waals surface area (Å²) in [5.41, 5.74) is 0. The van der Waals surface area contributed by atoms with Gasteiger partial charge in [-0.1, -0.05) is 6.92 Å². The van der Waals surface area contributed by atoms with E-state index in [0.29, 0.717) is 11.4 Å². The van der Waals surface area contributed by atoms with Gasteiger partial charge in [-0.2, -0.15) is 0 Å². The van der Waals surface area contributed by atoms with Crippen molar-refractivity contribution in [2.45, 2.75) is 37.8 Å². The summed E-state index contributed by atoms with van der Waals surface area (Å²) >= 11 is 1.45. The maximum absolute atomic E-state index is 11.9. The number of sulfonamides is 1. The summed E-state index contributed by atoms with van der Waals surface area (Å²) in [5.74, 6) is 0. The summed E-state index contributed by atoms with van der Waals surface area (Å²) in [7, 11) is -1.50. The third kappa shape index (κ3) is 3.55. The quantitative estimate of drug-likeness (QED) is 0.817. The van der Waals surface area contributed by atoms with E-state index in [1.54, 1.807) is 11.4 Å². The maximum atomic E-state index is 11.9. The van der Waals surface area contributed by atoms with Gasteiger partial charge < -0.3 is 5.32 Å². The molecule has 0 aliphatic heterocycles. The molecule has 0 radical (unpaired) electrons. The molecule has 0 saturated heterocycles. The van der Waals surface area contributed by atoms with Crippen LogP contribution in [-0.4, -0.2) is 21.5 Å². The lowest BCUT2D eigenvalue weighted by molar-refractivity contribution is 0.556. The van der Waals surface area contributed by atoms with Gasteiger partial charge in [0.2, 0.25) is 10.0 Å². The lowest BCUT2D eigenvalue weighted by Gasteiger charge is -2.10. The Morgan fingerprint density at radius 1 is 1.50 bits per heavy atom. The van der Waals surface area contributed by atoms with Crippen molar-refractivity contribution in [3.63, 3.8) is 0 Å². The van der Waals surface area contributed by atoms with Crippen molar-refractivity contribution in [2.24, 2.45) is 0 Å². The van der Waals surface area contributed by atoms with Gasteiger partial charge in [0, 0.05) is 22.8 Å². The number of hydrogen-bond donors (Lipinski definition) is 2. The standard InChI is InChI=1S/C10H18N2O2S2/c1-4-8(2)12-16(13,14)10-5-9(6-11-3)15-7-10/h5,7-8,11-12H,4,6H2,1-3H3. The second-order valence-corrected chi connectivity index (χ2v) is 6.42. The Balaban J connectivity index is 2.81. The number of nitrogens with one attached hydrogen (secondary N) is 2. The van der Waals surface area contributed by atoms with Crippen LogP contribution >= 0.6 is 11.3 Å². The molecule has 1 aromatic rings. The summed E-state index contributed by atoms with van der Waals surface area (Å²) in [6, 6.07) is 1.68. The van der Waals surface area contributed by atoms with Crippen LogP contribution in [0.5, 0.6) is 0 Å². The Labute approximate surface area is 101 Å². The molecule has 0 aliphatic rings. The fourth-order valence-electron chi connectivity index (χ4n) is 1.18.